The summed E-state index contributed by atoms with van der Waals surface area (Å²) < 4.78 is 1.78. The lowest BCUT2D eigenvalue weighted by Gasteiger charge is -1.90. The molecule has 0 aliphatic carbocycles. The summed E-state index contributed by atoms with van der Waals surface area (Å²) in [5.74, 6) is 0. The van der Waals surface area contributed by atoms with E-state index in [1.807, 2.05) is 19.2 Å². The molecule has 0 saturated carbocycles. The van der Waals surface area contributed by atoms with Gasteiger partial charge < -0.3 is 5.11 Å². The van der Waals surface area contributed by atoms with Gasteiger partial charge in [0, 0.05) is 12.7 Å². The van der Waals surface area contributed by atoms with Gasteiger partial charge in [-0.15, -0.1) is 0 Å². The van der Waals surface area contributed by atoms with Gasteiger partial charge in [0.2, 0.25) is 0 Å². The molecule has 50 valence electrons. The minimum atomic E-state index is 0.0347. The average Bonchev–Trinajstić information content (AvgIpc) is 2.34. The number of rotatable bonds is 2. The largest absolute Gasteiger partial charge is 0.390 e. The van der Waals surface area contributed by atoms with Crippen LogP contribution in [0.4, 0.5) is 0 Å². The molecule has 0 bridgehead atoms. The molecule has 1 rings (SSSR count). The topological polar surface area (TPSA) is 38.0 Å². The lowest BCUT2D eigenvalue weighted by Crippen LogP contribution is -1.95. The van der Waals surface area contributed by atoms with E-state index in [2.05, 4.69) is 5.10 Å². The van der Waals surface area contributed by atoms with E-state index in [4.69, 9.17) is 5.11 Å². The summed E-state index contributed by atoms with van der Waals surface area (Å²) in [7, 11) is 0. The van der Waals surface area contributed by atoms with Gasteiger partial charge in [-0.3, -0.25) is 4.68 Å². The maximum Gasteiger partial charge on any atom is 0.0878 e. The molecule has 3 heteroatoms. The first-order valence-corrected chi connectivity index (χ1v) is 3.00. The van der Waals surface area contributed by atoms with E-state index in [0.717, 1.165) is 12.2 Å². The van der Waals surface area contributed by atoms with Crippen LogP contribution >= 0.6 is 0 Å². The summed E-state index contributed by atoms with van der Waals surface area (Å²) in [6.07, 6.45) is 1.85. The zero-order valence-corrected chi connectivity index (χ0v) is 5.41. The van der Waals surface area contributed by atoms with E-state index in [-0.39, 0.29) is 6.61 Å². The fraction of sp³-hybridized carbons (Fsp3) is 0.500. The van der Waals surface area contributed by atoms with Crippen LogP contribution in [-0.4, -0.2) is 14.9 Å². The molecule has 0 aromatic carbocycles. The number of nitrogens with zero attached hydrogens (tertiary/aromatic N) is 2. The molecule has 0 saturated heterocycles. The highest BCUT2D eigenvalue weighted by molar-refractivity contribution is 4.96. The average molecular weight is 126 g/mol. The van der Waals surface area contributed by atoms with Crippen LogP contribution in [0.15, 0.2) is 12.3 Å². The molecule has 1 aromatic rings. The van der Waals surface area contributed by atoms with Crippen molar-refractivity contribution in [2.75, 3.05) is 0 Å². The van der Waals surface area contributed by atoms with Crippen LogP contribution in [0, 0.1) is 0 Å². The molecular weight excluding hydrogens is 116 g/mol. The number of hydrogen-bond acceptors (Lipinski definition) is 2. The summed E-state index contributed by atoms with van der Waals surface area (Å²) in [6.45, 7) is 2.90. The van der Waals surface area contributed by atoms with Crippen molar-refractivity contribution >= 4 is 0 Å². The Bertz CT molecular complexity index is 164. The third-order valence-corrected chi connectivity index (χ3v) is 1.18. The predicted molar refractivity (Wildman–Crippen MR) is 33.8 cm³/mol. The Morgan fingerprint density at radius 2 is 2.56 bits per heavy atom. The first kappa shape index (κ1) is 6.29. The summed E-state index contributed by atoms with van der Waals surface area (Å²) in [4.78, 5) is 0. The van der Waals surface area contributed by atoms with Crippen molar-refractivity contribution in [2.45, 2.75) is 20.1 Å². The quantitative estimate of drug-likeness (QED) is 0.622. The van der Waals surface area contributed by atoms with Crippen LogP contribution < -0.4 is 0 Å². The molecule has 9 heavy (non-hydrogen) atoms. The second-order valence-corrected chi connectivity index (χ2v) is 1.82. The van der Waals surface area contributed by atoms with E-state index >= 15 is 0 Å². The van der Waals surface area contributed by atoms with Gasteiger partial charge in [0.15, 0.2) is 0 Å². The Balaban J connectivity index is 2.74. The molecule has 0 fully saturated rings. The van der Waals surface area contributed by atoms with Gasteiger partial charge >= 0.3 is 0 Å². The fourth-order valence-corrected chi connectivity index (χ4v) is 0.664. The molecule has 0 unspecified atom stereocenters. The van der Waals surface area contributed by atoms with Gasteiger partial charge in [-0.1, -0.05) is 0 Å². The molecule has 0 atom stereocenters. The maximum atomic E-state index is 8.57. The van der Waals surface area contributed by atoms with E-state index < -0.39 is 0 Å². The van der Waals surface area contributed by atoms with Crippen molar-refractivity contribution < 1.29 is 5.11 Å². The number of hydrogen-bond donors (Lipinski definition) is 1. The predicted octanol–water partition coefficient (Wildman–Crippen LogP) is 0.395. The second-order valence-electron chi connectivity index (χ2n) is 1.82. The van der Waals surface area contributed by atoms with Gasteiger partial charge in [0.05, 0.1) is 12.3 Å². The first-order valence-electron chi connectivity index (χ1n) is 3.00. The van der Waals surface area contributed by atoms with Gasteiger partial charge in [-0.25, -0.2) is 0 Å². The zero-order chi connectivity index (χ0) is 6.69. The highest BCUT2D eigenvalue weighted by Crippen LogP contribution is 1.93. The minimum absolute atomic E-state index is 0.0347. The van der Waals surface area contributed by atoms with Gasteiger partial charge in [0.1, 0.15) is 0 Å². The van der Waals surface area contributed by atoms with Crippen LogP contribution in [0.2, 0.25) is 0 Å². The Morgan fingerprint density at radius 3 is 2.89 bits per heavy atom. The normalized spacial score (nSPS) is 10.0. The van der Waals surface area contributed by atoms with Crippen LogP contribution in [0.5, 0.6) is 0 Å². The summed E-state index contributed by atoms with van der Waals surface area (Å²) in [5.41, 5.74) is 0.733. The highest BCUT2D eigenvalue weighted by atomic mass is 16.3. The minimum Gasteiger partial charge on any atom is -0.390 e. The Kier molecular flexibility index (Phi) is 1.85. The molecule has 1 heterocycles. The first-order chi connectivity index (χ1) is 4.36. The molecular formula is C6H10N2O. The SMILES string of the molecule is CCn1ccc(CO)n1. The number of aryl methyl sites for hydroxylation is 1. The summed E-state index contributed by atoms with van der Waals surface area (Å²) in [5, 5.41) is 12.6. The van der Waals surface area contributed by atoms with Crippen molar-refractivity contribution in [3.63, 3.8) is 0 Å². The third kappa shape index (κ3) is 1.29. The lowest BCUT2D eigenvalue weighted by molar-refractivity contribution is 0.275. The van der Waals surface area contributed by atoms with Crippen molar-refractivity contribution in [3.05, 3.63) is 18.0 Å². The van der Waals surface area contributed by atoms with E-state index in [0.29, 0.717) is 0 Å². The highest BCUT2D eigenvalue weighted by Gasteiger charge is 1.92. The van der Waals surface area contributed by atoms with Gasteiger partial charge in [-0.05, 0) is 13.0 Å². The van der Waals surface area contributed by atoms with Crippen molar-refractivity contribution in [2.24, 2.45) is 0 Å². The van der Waals surface area contributed by atoms with Crippen LogP contribution in [0.3, 0.4) is 0 Å². The molecule has 0 spiro atoms. The number of aromatic nitrogens is 2. The Hall–Kier alpha value is -0.830. The van der Waals surface area contributed by atoms with Crippen molar-refractivity contribution in [1.82, 2.24) is 9.78 Å². The summed E-state index contributed by atoms with van der Waals surface area (Å²) in [6, 6.07) is 1.81. The molecule has 0 aliphatic rings. The standard InChI is InChI=1S/C6H10N2O/c1-2-8-4-3-6(5-9)7-8/h3-4,9H,2,5H2,1H3. The van der Waals surface area contributed by atoms with Crippen LogP contribution in [-0.2, 0) is 13.2 Å². The monoisotopic (exact) mass is 126 g/mol. The smallest absolute Gasteiger partial charge is 0.0878 e. The second kappa shape index (κ2) is 2.64. The van der Waals surface area contributed by atoms with Crippen LogP contribution in [0.1, 0.15) is 12.6 Å². The van der Waals surface area contributed by atoms with Gasteiger partial charge in [0.25, 0.3) is 0 Å². The number of aliphatic hydroxyl groups is 1. The van der Waals surface area contributed by atoms with Crippen molar-refractivity contribution in [1.29, 1.82) is 0 Å². The Morgan fingerprint density at radius 1 is 1.78 bits per heavy atom. The molecule has 1 N–H and O–H groups in total. The van der Waals surface area contributed by atoms with E-state index in [9.17, 15) is 0 Å². The fourth-order valence-electron chi connectivity index (χ4n) is 0.664. The van der Waals surface area contributed by atoms with E-state index in [1.54, 1.807) is 4.68 Å². The van der Waals surface area contributed by atoms with E-state index in [1.165, 1.54) is 0 Å². The maximum absolute atomic E-state index is 8.57. The zero-order valence-electron chi connectivity index (χ0n) is 5.41. The van der Waals surface area contributed by atoms with Crippen molar-refractivity contribution in [3.8, 4) is 0 Å². The van der Waals surface area contributed by atoms with Crippen LogP contribution in [0.25, 0.3) is 0 Å². The molecule has 0 aliphatic heterocycles. The van der Waals surface area contributed by atoms with Gasteiger partial charge in [-0.2, -0.15) is 5.10 Å². The third-order valence-electron chi connectivity index (χ3n) is 1.18. The molecule has 1 aromatic heterocycles. The molecule has 3 nitrogen and oxygen atoms in total. The molecule has 0 amide bonds. The lowest BCUT2D eigenvalue weighted by atomic mass is 10.5. The Labute approximate surface area is 53.9 Å². The summed E-state index contributed by atoms with van der Waals surface area (Å²) >= 11 is 0. The number of aliphatic hydroxyl groups excluding tert-OH is 1. The molecule has 0 radical (unpaired) electrons.